The number of pyridine rings is 1. The molecule has 0 unspecified atom stereocenters. The van der Waals surface area contributed by atoms with Gasteiger partial charge in [0, 0.05) is 37.9 Å². The van der Waals surface area contributed by atoms with Crippen LogP contribution < -0.4 is 4.90 Å². The van der Waals surface area contributed by atoms with Gasteiger partial charge in [-0.05, 0) is 49.2 Å². The maximum atomic E-state index is 13.2. The van der Waals surface area contributed by atoms with Crippen LogP contribution in [0.1, 0.15) is 35.0 Å². The van der Waals surface area contributed by atoms with Gasteiger partial charge >= 0.3 is 0 Å². The highest BCUT2D eigenvalue weighted by atomic mass is 19.1. The molecule has 1 amide bonds. The van der Waals surface area contributed by atoms with Gasteiger partial charge < -0.3 is 19.1 Å². The van der Waals surface area contributed by atoms with Crippen molar-refractivity contribution in [3.05, 3.63) is 59.9 Å². The Morgan fingerprint density at radius 3 is 2.62 bits per heavy atom. The molecule has 2 aromatic heterocycles. The van der Waals surface area contributed by atoms with Gasteiger partial charge in [0.25, 0.3) is 5.91 Å². The van der Waals surface area contributed by atoms with Crippen LogP contribution in [-0.2, 0) is 4.74 Å². The molecule has 1 atom stereocenters. The van der Waals surface area contributed by atoms with E-state index in [4.69, 9.17) is 9.26 Å². The fraction of sp³-hybridized carbons (Fsp3) is 0.391. The Bertz CT molecular complexity index is 1060. The van der Waals surface area contributed by atoms with Gasteiger partial charge in [-0.3, -0.25) is 4.79 Å². The maximum Gasteiger partial charge on any atom is 0.255 e. The summed E-state index contributed by atoms with van der Waals surface area (Å²) in [4.78, 5) is 26.0. The van der Waals surface area contributed by atoms with E-state index in [0.29, 0.717) is 49.1 Å². The Hall–Kier alpha value is -3.33. The SMILES string of the molecule is O=C(c1ccc(N2CCOCC2)nc1)N1CCC[C@H](c2nc(-c3ccc(F)cc3)no2)C1. The number of likely N-dealkylation sites (tertiary alicyclic amines) is 1. The molecule has 0 radical (unpaired) electrons. The van der Waals surface area contributed by atoms with Gasteiger partial charge in [-0.2, -0.15) is 4.98 Å². The number of morpholine rings is 1. The van der Waals surface area contributed by atoms with Crippen molar-refractivity contribution in [2.75, 3.05) is 44.3 Å². The van der Waals surface area contributed by atoms with Gasteiger partial charge in [0.2, 0.25) is 11.7 Å². The van der Waals surface area contributed by atoms with Gasteiger partial charge in [0.05, 0.1) is 24.7 Å². The average molecular weight is 437 g/mol. The van der Waals surface area contributed by atoms with E-state index in [0.717, 1.165) is 31.7 Å². The minimum Gasteiger partial charge on any atom is -0.378 e. The quantitative estimate of drug-likeness (QED) is 0.620. The lowest BCUT2D eigenvalue weighted by atomic mass is 9.97. The number of rotatable bonds is 4. The van der Waals surface area contributed by atoms with Crippen molar-refractivity contribution in [1.29, 1.82) is 0 Å². The monoisotopic (exact) mass is 437 g/mol. The van der Waals surface area contributed by atoms with Crippen LogP contribution in [0, 0.1) is 5.82 Å². The topological polar surface area (TPSA) is 84.6 Å². The summed E-state index contributed by atoms with van der Waals surface area (Å²) in [7, 11) is 0. The van der Waals surface area contributed by atoms with Gasteiger partial charge in [-0.15, -0.1) is 0 Å². The first-order chi connectivity index (χ1) is 15.7. The summed E-state index contributed by atoms with van der Waals surface area (Å²) in [5.74, 6) is 1.39. The second-order valence-electron chi connectivity index (χ2n) is 8.06. The second kappa shape index (κ2) is 9.04. The number of piperidine rings is 1. The molecule has 5 rings (SSSR count). The van der Waals surface area contributed by atoms with E-state index < -0.39 is 0 Å². The average Bonchev–Trinajstić information content (AvgIpc) is 3.35. The molecule has 2 saturated heterocycles. The Morgan fingerprint density at radius 1 is 1.06 bits per heavy atom. The first-order valence-corrected chi connectivity index (χ1v) is 10.8. The zero-order valence-corrected chi connectivity index (χ0v) is 17.6. The number of halogens is 1. The number of carbonyl (C=O) groups excluding carboxylic acids is 1. The van der Waals surface area contributed by atoms with E-state index in [2.05, 4.69) is 20.0 Å². The molecule has 0 N–H and O–H groups in total. The lowest BCUT2D eigenvalue weighted by Crippen LogP contribution is -2.39. The number of ether oxygens (including phenoxy) is 1. The minimum absolute atomic E-state index is 0.0324. The third-order valence-electron chi connectivity index (χ3n) is 5.93. The summed E-state index contributed by atoms with van der Waals surface area (Å²) in [6.07, 6.45) is 3.36. The summed E-state index contributed by atoms with van der Waals surface area (Å²) in [6, 6.07) is 9.70. The zero-order valence-electron chi connectivity index (χ0n) is 17.6. The predicted molar refractivity (Wildman–Crippen MR) is 115 cm³/mol. The van der Waals surface area contributed by atoms with Crippen LogP contribution in [0.5, 0.6) is 0 Å². The molecule has 4 heterocycles. The Morgan fingerprint density at radius 2 is 1.88 bits per heavy atom. The maximum absolute atomic E-state index is 13.2. The van der Waals surface area contributed by atoms with E-state index in [9.17, 15) is 9.18 Å². The Labute approximate surface area is 185 Å². The standard InChI is InChI=1S/C23H24FN5O3/c24-19-6-3-16(4-7-19)21-26-22(32-27-21)18-2-1-9-29(15-18)23(30)17-5-8-20(25-14-17)28-10-12-31-13-11-28/h3-8,14,18H,1-2,9-13,15H2/t18-/m0/s1. The van der Waals surface area contributed by atoms with E-state index in [1.54, 1.807) is 18.3 Å². The van der Waals surface area contributed by atoms with Crippen molar-refractivity contribution in [2.45, 2.75) is 18.8 Å². The highest BCUT2D eigenvalue weighted by Gasteiger charge is 2.29. The molecule has 2 fully saturated rings. The lowest BCUT2D eigenvalue weighted by molar-refractivity contribution is 0.0695. The van der Waals surface area contributed by atoms with Gasteiger partial charge in [-0.1, -0.05) is 5.16 Å². The van der Waals surface area contributed by atoms with E-state index >= 15 is 0 Å². The Kier molecular flexibility index (Phi) is 5.81. The van der Waals surface area contributed by atoms with Crippen molar-refractivity contribution in [3.8, 4) is 11.4 Å². The number of aromatic nitrogens is 3. The van der Waals surface area contributed by atoms with Crippen LogP contribution in [-0.4, -0.2) is 65.3 Å². The van der Waals surface area contributed by atoms with Crippen LogP contribution >= 0.6 is 0 Å². The van der Waals surface area contributed by atoms with Gasteiger partial charge in [0.1, 0.15) is 11.6 Å². The number of hydrogen-bond acceptors (Lipinski definition) is 7. The van der Waals surface area contributed by atoms with Gasteiger partial charge in [0.15, 0.2) is 0 Å². The lowest BCUT2D eigenvalue weighted by Gasteiger charge is -2.31. The number of carbonyl (C=O) groups is 1. The van der Waals surface area contributed by atoms with E-state index in [1.807, 2.05) is 17.0 Å². The van der Waals surface area contributed by atoms with Crippen LogP contribution in [0.4, 0.5) is 10.2 Å². The summed E-state index contributed by atoms with van der Waals surface area (Å²) >= 11 is 0. The molecule has 2 aliphatic heterocycles. The Balaban J connectivity index is 1.25. The number of anilines is 1. The molecule has 32 heavy (non-hydrogen) atoms. The van der Waals surface area contributed by atoms with Crippen LogP contribution in [0.15, 0.2) is 47.1 Å². The van der Waals surface area contributed by atoms with Crippen LogP contribution in [0.25, 0.3) is 11.4 Å². The van der Waals surface area contributed by atoms with Crippen LogP contribution in [0.2, 0.25) is 0 Å². The third kappa shape index (κ3) is 4.34. The molecule has 166 valence electrons. The van der Waals surface area contributed by atoms with Crippen molar-refractivity contribution >= 4 is 11.7 Å². The molecule has 8 nitrogen and oxygen atoms in total. The van der Waals surface area contributed by atoms with Gasteiger partial charge in [-0.25, -0.2) is 9.37 Å². The molecular weight excluding hydrogens is 413 g/mol. The summed E-state index contributed by atoms with van der Waals surface area (Å²) in [6.45, 7) is 4.18. The molecule has 3 aromatic rings. The molecule has 0 saturated carbocycles. The fourth-order valence-electron chi connectivity index (χ4n) is 4.16. The van der Waals surface area contributed by atoms with E-state index in [-0.39, 0.29) is 17.6 Å². The molecule has 0 bridgehead atoms. The first kappa shape index (κ1) is 20.6. The fourth-order valence-corrected chi connectivity index (χ4v) is 4.16. The number of hydrogen-bond donors (Lipinski definition) is 0. The summed E-state index contributed by atoms with van der Waals surface area (Å²) in [5, 5.41) is 4.04. The summed E-state index contributed by atoms with van der Waals surface area (Å²) in [5.41, 5.74) is 1.26. The molecule has 2 aliphatic rings. The summed E-state index contributed by atoms with van der Waals surface area (Å²) < 4.78 is 24.0. The predicted octanol–water partition coefficient (Wildman–Crippen LogP) is 3.13. The largest absolute Gasteiger partial charge is 0.378 e. The third-order valence-corrected chi connectivity index (χ3v) is 5.93. The zero-order chi connectivity index (χ0) is 21.9. The highest BCUT2D eigenvalue weighted by molar-refractivity contribution is 5.94. The highest BCUT2D eigenvalue weighted by Crippen LogP contribution is 2.28. The van der Waals surface area contributed by atoms with Crippen molar-refractivity contribution in [3.63, 3.8) is 0 Å². The number of amides is 1. The number of benzene rings is 1. The van der Waals surface area contributed by atoms with E-state index in [1.165, 1.54) is 12.1 Å². The van der Waals surface area contributed by atoms with Crippen molar-refractivity contribution < 1.29 is 18.4 Å². The molecule has 0 aliphatic carbocycles. The normalized spacial score (nSPS) is 19.2. The first-order valence-electron chi connectivity index (χ1n) is 10.8. The van der Waals surface area contributed by atoms with Crippen molar-refractivity contribution in [2.24, 2.45) is 0 Å². The number of nitrogens with zero attached hydrogens (tertiary/aromatic N) is 5. The molecular formula is C23H24FN5O3. The second-order valence-corrected chi connectivity index (χ2v) is 8.06. The van der Waals surface area contributed by atoms with Crippen molar-refractivity contribution in [1.82, 2.24) is 20.0 Å². The minimum atomic E-state index is -0.314. The molecule has 0 spiro atoms. The van der Waals surface area contributed by atoms with Crippen LogP contribution in [0.3, 0.4) is 0 Å². The molecule has 1 aromatic carbocycles. The smallest absolute Gasteiger partial charge is 0.255 e. The molecule has 9 heteroatoms.